The van der Waals surface area contributed by atoms with Crippen LogP contribution in [0.5, 0.6) is 0 Å². The van der Waals surface area contributed by atoms with E-state index in [4.69, 9.17) is 37.0 Å². The van der Waals surface area contributed by atoms with Crippen molar-refractivity contribution in [1.29, 1.82) is 0 Å². The zero-order valence-corrected chi connectivity index (χ0v) is 64.8. The molecule has 0 saturated carbocycles. The summed E-state index contributed by atoms with van der Waals surface area (Å²) in [5.41, 5.74) is 0. The number of hydrogen-bond acceptors (Lipinski definition) is 15. The van der Waals surface area contributed by atoms with Gasteiger partial charge in [0.05, 0.1) is 26.4 Å². The summed E-state index contributed by atoms with van der Waals surface area (Å²) >= 11 is 0. The summed E-state index contributed by atoms with van der Waals surface area (Å²) in [5.74, 6) is -2.15. The first-order chi connectivity index (χ1) is 47.7. The summed E-state index contributed by atoms with van der Waals surface area (Å²) in [6.07, 6.45) is 68.3. The molecule has 0 aromatic heterocycles. The van der Waals surface area contributed by atoms with Gasteiger partial charge >= 0.3 is 39.5 Å². The van der Waals surface area contributed by atoms with E-state index in [0.29, 0.717) is 25.7 Å². The number of aliphatic hydroxyl groups excluding tert-OH is 1. The number of carbonyl (C=O) groups excluding carboxylic acids is 4. The molecule has 0 spiro atoms. The van der Waals surface area contributed by atoms with Gasteiger partial charge in [-0.3, -0.25) is 37.3 Å². The van der Waals surface area contributed by atoms with Crippen molar-refractivity contribution in [2.24, 2.45) is 0 Å². The van der Waals surface area contributed by atoms with Gasteiger partial charge in [-0.1, -0.05) is 295 Å². The van der Waals surface area contributed by atoms with Gasteiger partial charge in [0.25, 0.3) is 0 Å². The van der Waals surface area contributed by atoms with Gasteiger partial charge in [-0.25, -0.2) is 9.13 Å². The molecule has 98 heavy (non-hydrogen) atoms. The molecule has 0 fully saturated rings. The molecular formula is C79H148O17P2. The third-order valence-electron chi connectivity index (χ3n) is 17.6. The summed E-state index contributed by atoms with van der Waals surface area (Å²) in [5, 5.41) is 10.6. The first-order valence-corrected chi connectivity index (χ1v) is 43.2. The Bertz CT molecular complexity index is 2000. The van der Waals surface area contributed by atoms with Crippen LogP contribution >= 0.6 is 15.6 Å². The van der Waals surface area contributed by atoms with Crippen LogP contribution in [-0.4, -0.2) is 96.7 Å². The predicted octanol–water partition coefficient (Wildman–Crippen LogP) is 23.1. The van der Waals surface area contributed by atoms with Gasteiger partial charge in [0.2, 0.25) is 0 Å². The maximum atomic E-state index is 13.1. The van der Waals surface area contributed by atoms with Crippen LogP contribution in [0.3, 0.4) is 0 Å². The summed E-state index contributed by atoms with van der Waals surface area (Å²) < 4.78 is 68.6. The van der Waals surface area contributed by atoms with E-state index in [-0.39, 0.29) is 25.7 Å². The Morgan fingerprint density at radius 3 is 0.714 bits per heavy atom. The third-order valence-corrected chi connectivity index (χ3v) is 19.5. The average Bonchev–Trinajstić information content (AvgIpc) is 1.04. The lowest BCUT2D eigenvalue weighted by molar-refractivity contribution is -0.161. The second kappa shape index (κ2) is 72.6. The van der Waals surface area contributed by atoms with Gasteiger partial charge < -0.3 is 33.8 Å². The smallest absolute Gasteiger partial charge is 0.462 e. The monoisotopic (exact) mass is 1430 g/mol. The Morgan fingerprint density at radius 2 is 0.469 bits per heavy atom. The van der Waals surface area contributed by atoms with E-state index in [0.717, 1.165) is 148 Å². The Hall–Kier alpha value is -2.72. The normalized spacial score (nSPS) is 14.1. The van der Waals surface area contributed by atoms with E-state index < -0.39 is 97.5 Å². The molecule has 19 heteroatoms. The number of carbonyl (C=O) groups is 4. The van der Waals surface area contributed by atoms with Gasteiger partial charge in [-0.15, -0.1) is 0 Å². The molecule has 17 nitrogen and oxygen atoms in total. The number of phosphoric acid groups is 2. The van der Waals surface area contributed by atoms with Crippen LogP contribution in [-0.2, 0) is 65.4 Å². The van der Waals surface area contributed by atoms with Crippen molar-refractivity contribution in [2.45, 2.75) is 406 Å². The van der Waals surface area contributed by atoms with Crippen molar-refractivity contribution in [1.82, 2.24) is 0 Å². The molecule has 0 aliphatic carbocycles. The highest BCUT2D eigenvalue weighted by molar-refractivity contribution is 7.47. The van der Waals surface area contributed by atoms with Crippen LogP contribution in [0.2, 0.25) is 0 Å². The van der Waals surface area contributed by atoms with Crippen LogP contribution < -0.4 is 0 Å². The maximum absolute atomic E-state index is 13.1. The standard InChI is InChI=1S/C79H148O17P2/c1-5-9-13-17-21-25-29-33-36-40-44-48-52-56-60-64-77(82)90-70-75(96-79(84)66-62-58-54-50-46-42-38-35-31-27-23-19-15-11-7-3)72-94-98(87,88)92-68-73(80)67-91-97(85,86)93-71-74(69-89-76(81)63-59-55-51-47-43-39-32-28-24-20-16-12-8-4)95-78(83)65-61-57-53-49-45-41-37-34-30-26-22-18-14-10-6-2/h27,31,33-34,36-37,73-75,80H,5-26,28-30,32,35,38-72H2,1-4H3,(H,85,86)(H,87,88)/b31-27-,36-33-,37-34-/t73-,74+,75+/m0/s1. The van der Waals surface area contributed by atoms with Crippen LogP contribution in [0.4, 0.5) is 0 Å². The molecule has 0 radical (unpaired) electrons. The molecule has 0 amide bonds. The predicted molar refractivity (Wildman–Crippen MR) is 400 cm³/mol. The molecule has 0 heterocycles. The first-order valence-electron chi connectivity index (χ1n) is 40.2. The minimum Gasteiger partial charge on any atom is -0.462 e. The lowest BCUT2D eigenvalue weighted by atomic mass is 10.0. The highest BCUT2D eigenvalue weighted by Gasteiger charge is 2.30. The molecular weight excluding hydrogens is 1280 g/mol. The summed E-state index contributed by atoms with van der Waals surface area (Å²) in [4.78, 5) is 72.9. The molecule has 2 unspecified atom stereocenters. The second-order valence-corrected chi connectivity index (χ2v) is 30.3. The van der Waals surface area contributed by atoms with E-state index in [1.807, 2.05) is 0 Å². The Morgan fingerprint density at radius 1 is 0.276 bits per heavy atom. The van der Waals surface area contributed by atoms with Crippen LogP contribution in [0.15, 0.2) is 36.5 Å². The minimum absolute atomic E-state index is 0.0926. The number of allylic oxidation sites excluding steroid dienone is 6. The zero-order valence-electron chi connectivity index (χ0n) is 63.0. The highest BCUT2D eigenvalue weighted by Crippen LogP contribution is 2.45. The Balaban J connectivity index is 5.32. The van der Waals surface area contributed by atoms with Crippen LogP contribution in [0.25, 0.3) is 0 Å². The molecule has 576 valence electrons. The fraction of sp³-hybridized carbons (Fsp3) is 0.873. The van der Waals surface area contributed by atoms with Gasteiger partial charge in [0.1, 0.15) is 19.3 Å². The van der Waals surface area contributed by atoms with E-state index in [1.165, 1.54) is 161 Å². The number of aliphatic hydroxyl groups is 1. The molecule has 0 aromatic rings. The fourth-order valence-corrected chi connectivity index (χ4v) is 13.0. The molecule has 0 aromatic carbocycles. The van der Waals surface area contributed by atoms with Crippen molar-refractivity contribution in [3.05, 3.63) is 36.5 Å². The molecule has 5 atom stereocenters. The quantitative estimate of drug-likeness (QED) is 0.0169. The largest absolute Gasteiger partial charge is 0.472 e. The van der Waals surface area contributed by atoms with Gasteiger partial charge in [-0.05, 0) is 103 Å². The second-order valence-electron chi connectivity index (χ2n) is 27.4. The summed E-state index contributed by atoms with van der Waals surface area (Å²) in [6.45, 7) is 4.92. The van der Waals surface area contributed by atoms with E-state index >= 15 is 0 Å². The summed E-state index contributed by atoms with van der Waals surface area (Å²) in [7, 11) is -9.93. The molecule has 0 aliphatic rings. The number of phosphoric ester groups is 2. The first kappa shape index (κ1) is 95.3. The lowest BCUT2D eigenvalue weighted by Gasteiger charge is -2.21. The Labute approximate surface area is 598 Å². The maximum Gasteiger partial charge on any atom is 0.472 e. The molecule has 0 saturated heterocycles. The van der Waals surface area contributed by atoms with Crippen molar-refractivity contribution in [3.8, 4) is 0 Å². The minimum atomic E-state index is -4.97. The van der Waals surface area contributed by atoms with Gasteiger partial charge in [-0.2, -0.15) is 0 Å². The fourth-order valence-electron chi connectivity index (χ4n) is 11.4. The van der Waals surface area contributed by atoms with Crippen molar-refractivity contribution >= 4 is 39.5 Å². The SMILES string of the molecule is CCCCCC/C=C\CCCCCCCCCC(=O)O[C@H](COC(=O)CCCCCCC/C=C\CCCCCCCC)COP(=O)(O)OC[C@@H](O)COP(=O)(O)OC[C@@H](COC(=O)CCCCCCCCCCCCCCC)OC(=O)CCCCCCC/C=C\CCCCCCCC. The molecule has 0 rings (SSSR count). The van der Waals surface area contributed by atoms with Crippen molar-refractivity contribution in [2.75, 3.05) is 39.6 Å². The Kier molecular flexibility index (Phi) is 70.6. The van der Waals surface area contributed by atoms with Crippen LogP contribution in [0.1, 0.15) is 387 Å². The third kappa shape index (κ3) is 71.7. The highest BCUT2D eigenvalue weighted by atomic mass is 31.2. The van der Waals surface area contributed by atoms with E-state index in [1.54, 1.807) is 0 Å². The van der Waals surface area contributed by atoms with Gasteiger partial charge in [0, 0.05) is 25.7 Å². The zero-order chi connectivity index (χ0) is 71.8. The van der Waals surface area contributed by atoms with Crippen molar-refractivity contribution in [3.63, 3.8) is 0 Å². The number of hydrogen-bond donors (Lipinski definition) is 3. The van der Waals surface area contributed by atoms with Crippen molar-refractivity contribution < 1.29 is 80.2 Å². The van der Waals surface area contributed by atoms with E-state index in [9.17, 15) is 43.2 Å². The topological polar surface area (TPSA) is 237 Å². The molecule has 0 aliphatic heterocycles. The van der Waals surface area contributed by atoms with Gasteiger partial charge in [0.15, 0.2) is 12.2 Å². The van der Waals surface area contributed by atoms with Crippen LogP contribution in [0, 0.1) is 0 Å². The number of rotatable bonds is 77. The number of ether oxygens (including phenoxy) is 4. The number of esters is 4. The summed E-state index contributed by atoms with van der Waals surface area (Å²) in [6, 6.07) is 0. The average molecular weight is 1430 g/mol. The molecule has 0 bridgehead atoms. The number of unbranched alkanes of at least 4 members (excludes halogenated alkanes) is 45. The lowest BCUT2D eigenvalue weighted by Crippen LogP contribution is -2.30. The van der Waals surface area contributed by atoms with E-state index in [2.05, 4.69) is 64.2 Å². The molecule has 3 N–H and O–H groups in total.